The van der Waals surface area contributed by atoms with Crippen LogP contribution in [-0.2, 0) is 0 Å². The average molecular weight is 291 g/mol. The standard InChI is InChI=1S/C16H25N3O2/c1-16(2,3)19(12-7-6-10-18-11-12)15(20)21-14-9-5-4-8-13(14)17/h4-5,8-9,12,18H,6-7,10-11,17H2,1-3H3. The first-order valence-corrected chi connectivity index (χ1v) is 7.46. The molecule has 0 aliphatic carbocycles. The number of benzene rings is 1. The molecule has 0 bridgehead atoms. The Morgan fingerprint density at radius 2 is 2.10 bits per heavy atom. The van der Waals surface area contributed by atoms with Gasteiger partial charge in [-0.3, -0.25) is 4.90 Å². The van der Waals surface area contributed by atoms with Crippen LogP contribution in [0.5, 0.6) is 5.75 Å². The van der Waals surface area contributed by atoms with Crippen LogP contribution in [0.25, 0.3) is 0 Å². The molecule has 0 saturated carbocycles. The molecule has 1 fully saturated rings. The highest BCUT2D eigenvalue weighted by atomic mass is 16.6. The van der Waals surface area contributed by atoms with Crippen molar-refractivity contribution in [2.45, 2.75) is 45.2 Å². The van der Waals surface area contributed by atoms with E-state index in [9.17, 15) is 4.79 Å². The molecule has 116 valence electrons. The number of nitrogen functional groups attached to an aromatic ring is 1. The number of para-hydroxylation sites is 2. The number of piperidine rings is 1. The summed E-state index contributed by atoms with van der Waals surface area (Å²) in [5.41, 5.74) is 6.02. The van der Waals surface area contributed by atoms with Gasteiger partial charge in [0, 0.05) is 18.1 Å². The number of nitrogens with one attached hydrogen (secondary N) is 1. The van der Waals surface area contributed by atoms with E-state index in [4.69, 9.17) is 10.5 Å². The summed E-state index contributed by atoms with van der Waals surface area (Å²) in [4.78, 5) is 14.5. The lowest BCUT2D eigenvalue weighted by atomic mass is 9.99. The van der Waals surface area contributed by atoms with Crippen molar-refractivity contribution in [2.24, 2.45) is 0 Å². The second-order valence-electron chi connectivity index (χ2n) is 6.45. The van der Waals surface area contributed by atoms with Crippen LogP contribution in [0.1, 0.15) is 33.6 Å². The number of nitrogens with two attached hydrogens (primary N) is 1. The van der Waals surface area contributed by atoms with Crippen molar-refractivity contribution in [1.29, 1.82) is 0 Å². The molecule has 1 unspecified atom stereocenters. The predicted molar refractivity (Wildman–Crippen MR) is 84.4 cm³/mol. The molecule has 2 rings (SSSR count). The van der Waals surface area contributed by atoms with E-state index >= 15 is 0 Å². The van der Waals surface area contributed by atoms with E-state index in [2.05, 4.69) is 5.32 Å². The van der Waals surface area contributed by atoms with Gasteiger partial charge < -0.3 is 15.8 Å². The zero-order chi connectivity index (χ0) is 15.5. The van der Waals surface area contributed by atoms with Crippen LogP contribution in [0.2, 0.25) is 0 Å². The summed E-state index contributed by atoms with van der Waals surface area (Å²) in [6.45, 7) is 7.89. The van der Waals surface area contributed by atoms with Gasteiger partial charge in [-0.2, -0.15) is 0 Å². The van der Waals surface area contributed by atoms with Crippen molar-refractivity contribution in [3.8, 4) is 5.75 Å². The Morgan fingerprint density at radius 1 is 1.38 bits per heavy atom. The molecule has 5 heteroatoms. The van der Waals surface area contributed by atoms with Crippen LogP contribution >= 0.6 is 0 Å². The minimum atomic E-state index is -0.339. The molecule has 1 atom stereocenters. The Labute approximate surface area is 126 Å². The summed E-state index contributed by atoms with van der Waals surface area (Å²) < 4.78 is 5.52. The van der Waals surface area contributed by atoms with Gasteiger partial charge in [0.1, 0.15) is 0 Å². The van der Waals surface area contributed by atoms with E-state index in [1.807, 2.05) is 37.8 Å². The van der Waals surface area contributed by atoms with E-state index in [0.717, 1.165) is 25.9 Å². The van der Waals surface area contributed by atoms with Crippen molar-refractivity contribution in [3.63, 3.8) is 0 Å². The SMILES string of the molecule is CC(C)(C)N(C(=O)Oc1ccccc1N)C1CCCNC1. The molecule has 0 spiro atoms. The number of hydrogen-bond acceptors (Lipinski definition) is 4. The van der Waals surface area contributed by atoms with Gasteiger partial charge in [-0.25, -0.2) is 4.79 Å². The second-order valence-corrected chi connectivity index (χ2v) is 6.45. The second kappa shape index (κ2) is 6.35. The molecule has 21 heavy (non-hydrogen) atoms. The van der Waals surface area contributed by atoms with E-state index in [0.29, 0.717) is 11.4 Å². The Bertz CT molecular complexity index is 491. The first-order chi connectivity index (χ1) is 9.89. The van der Waals surface area contributed by atoms with E-state index in [1.165, 1.54) is 0 Å². The Hall–Kier alpha value is -1.75. The highest BCUT2D eigenvalue weighted by molar-refractivity contribution is 5.74. The number of hydrogen-bond donors (Lipinski definition) is 2. The van der Waals surface area contributed by atoms with Crippen LogP contribution in [-0.4, -0.2) is 35.7 Å². The van der Waals surface area contributed by atoms with Gasteiger partial charge >= 0.3 is 6.09 Å². The van der Waals surface area contributed by atoms with Crippen molar-refractivity contribution in [3.05, 3.63) is 24.3 Å². The molecular weight excluding hydrogens is 266 g/mol. The smallest absolute Gasteiger partial charge is 0.408 e. The van der Waals surface area contributed by atoms with Gasteiger partial charge in [0.15, 0.2) is 5.75 Å². The number of carbonyl (C=O) groups is 1. The molecule has 1 aliphatic rings. The molecule has 0 radical (unpaired) electrons. The topological polar surface area (TPSA) is 67.6 Å². The number of carbonyl (C=O) groups excluding carboxylic acids is 1. The number of rotatable bonds is 2. The normalized spacial score (nSPS) is 19.1. The van der Waals surface area contributed by atoms with Crippen LogP contribution < -0.4 is 15.8 Å². The van der Waals surface area contributed by atoms with Gasteiger partial charge in [0.2, 0.25) is 0 Å². The average Bonchev–Trinajstić information content (AvgIpc) is 2.41. The molecular formula is C16H25N3O2. The first kappa shape index (κ1) is 15.6. The zero-order valence-electron chi connectivity index (χ0n) is 13.1. The maximum atomic E-state index is 12.6. The van der Waals surface area contributed by atoms with Crippen molar-refractivity contribution < 1.29 is 9.53 Å². The summed E-state index contributed by atoms with van der Waals surface area (Å²) in [7, 11) is 0. The van der Waals surface area contributed by atoms with Gasteiger partial charge in [-0.05, 0) is 52.3 Å². The Morgan fingerprint density at radius 3 is 2.67 bits per heavy atom. The van der Waals surface area contributed by atoms with Gasteiger partial charge in [-0.1, -0.05) is 12.1 Å². The van der Waals surface area contributed by atoms with E-state index < -0.39 is 0 Å². The summed E-state index contributed by atoms with van der Waals surface area (Å²) >= 11 is 0. The Balaban J connectivity index is 2.16. The van der Waals surface area contributed by atoms with E-state index in [-0.39, 0.29) is 17.7 Å². The highest BCUT2D eigenvalue weighted by Crippen LogP contribution is 2.26. The minimum Gasteiger partial charge on any atom is -0.408 e. The number of nitrogens with zero attached hydrogens (tertiary/aromatic N) is 1. The number of anilines is 1. The summed E-state index contributed by atoms with van der Waals surface area (Å²) in [5.74, 6) is 0.417. The molecule has 1 aromatic rings. The molecule has 1 saturated heterocycles. The van der Waals surface area contributed by atoms with E-state index in [1.54, 1.807) is 12.1 Å². The van der Waals surface area contributed by atoms with Crippen molar-refractivity contribution in [2.75, 3.05) is 18.8 Å². The predicted octanol–water partition coefficient (Wildman–Crippen LogP) is 2.62. The molecule has 5 nitrogen and oxygen atoms in total. The lowest BCUT2D eigenvalue weighted by molar-refractivity contribution is 0.0666. The molecule has 0 aromatic heterocycles. The number of ether oxygens (including phenoxy) is 1. The van der Waals surface area contributed by atoms with Gasteiger partial charge in [0.25, 0.3) is 0 Å². The van der Waals surface area contributed by atoms with Crippen LogP contribution in [0.3, 0.4) is 0 Å². The molecule has 3 N–H and O–H groups in total. The number of amides is 1. The molecule has 1 heterocycles. The maximum Gasteiger partial charge on any atom is 0.416 e. The summed E-state index contributed by atoms with van der Waals surface area (Å²) in [6, 6.07) is 7.22. The highest BCUT2D eigenvalue weighted by Gasteiger charge is 2.35. The minimum absolute atomic E-state index is 0.149. The van der Waals surface area contributed by atoms with Gasteiger partial charge in [0.05, 0.1) is 5.69 Å². The van der Waals surface area contributed by atoms with Crippen molar-refractivity contribution in [1.82, 2.24) is 10.2 Å². The largest absolute Gasteiger partial charge is 0.416 e. The summed E-state index contributed by atoms with van der Waals surface area (Å²) in [5, 5.41) is 3.34. The third kappa shape index (κ3) is 3.88. The first-order valence-electron chi connectivity index (χ1n) is 7.46. The fraction of sp³-hybridized carbons (Fsp3) is 0.562. The van der Waals surface area contributed by atoms with Crippen LogP contribution in [0.4, 0.5) is 10.5 Å². The Kier molecular flexibility index (Phi) is 4.73. The monoisotopic (exact) mass is 291 g/mol. The van der Waals surface area contributed by atoms with Crippen LogP contribution in [0.15, 0.2) is 24.3 Å². The van der Waals surface area contributed by atoms with Gasteiger partial charge in [-0.15, -0.1) is 0 Å². The molecule has 1 aliphatic heterocycles. The fourth-order valence-corrected chi connectivity index (χ4v) is 2.74. The third-order valence-electron chi connectivity index (χ3n) is 3.67. The molecule has 1 amide bonds. The lowest BCUT2D eigenvalue weighted by Crippen LogP contribution is -2.57. The van der Waals surface area contributed by atoms with Crippen molar-refractivity contribution >= 4 is 11.8 Å². The fourth-order valence-electron chi connectivity index (χ4n) is 2.74. The summed E-state index contributed by atoms with van der Waals surface area (Å²) in [6.07, 6.45) is 1.72. The van der Waals surface area contributed by atoms with Crippen LogP contribution in [0, 0.1) is 0 Å². The third-order valence-corrected chi connectivity index (χ3v) is 3.67. The quantitative estimate of drug-likeness (QED) is 0.822. The zero-order valence-corrected chi connectivity index (χ0v) is 13.1. The molecule has 1 aromatic carbocycles. The maximum absolute atomic E-state index is 12.6. The lowest BCUT2D eigenvalue weighted by Gasteiger charge is -2.42.